The molecule has 5 rings (SSSR count). The normalized spacial score (nSPS) is 15.6. The van der Waals surface area contributed by atoms with Gasteiger partial charge in [0.05, 0.1) is 38.9 Å². The summed E-state index contributed by atoms with van der Waals surface area (Å²) < 4.78 is 5.28. The SMILES string of the molecule is CC(C)(C)c1ccccc1N(I)c1cccc2c1sc1c(C3CCCCC3)cccc12. The van der Waals surface area contributed by atoms with Crippen molar-refractivity contribution in [2.75, 3.05) is 3.11 Å². The first-order chi connectivity index (χ1) is 14.9. The quantitative estimate of drug-likeness (QED) is 0.185. The average molecular weight is 540 g/mol. The summed E-state index contributed by atoms with van der Waals surface area (Å²) in [5, 5.41) is 2.82. The number of thiophene rings is 1. The zero-order valence-corrected chi connectivity index (χ0v) is 21.6. The third kappa shape index (κ3) is 3.89. The van der Waals surface area contributed by atoms with Crippen LogP contribution in [0.25, 0.3) is 20.2 Å². The number of hydrogen-bond acceptors (Lipinski definition) is 2. The van der Waals surface area contributed by atoms with Gasteiger partial charge in [-0.2, -0.15) is 0 Å². The van der Waals surface area contributed by atoms with Crippen molar-refractivity contribution in [3.63, 3.8) is 0 Å². The van der Waals surface area contributed by atoms with Gasteiger partial charge in [0.2, 0.25) is 0 Å². The Balaban J connectivity index is 1.68. The van der Waals surface area contributed by atoms with Gasteiger partial charge in [0.15, 0.2) is 0 Å². The summed E-state index contributed by atoms with van der Waals surface area (Å²) in [6.07, 6.45) is 6.85. The molecule has 0 atom stereocenters. The van der Waals surface area contributed by atoms with E-state index in [2.05, 4.69) is 107 Å². The van der Waals surface area contributed by atoms with Crippen molar-refractivity contribution in [2.24, 2.45) is 0 Å². The molecule has 1 aliphatic rings. The van der Waals surface area contributed by atoms with Crippen LogP contribution in [-0.2, 0) is 5.41 Å². The van der Waals surface area contributed by atoms with Gasteiger partial charge in [0, 0.05) is 15.5 Å². The fourth-order valence-electron chi connectivity index (χ4n) is 5.13. The summed E-state index contributed by atoms with van der Waals surface area (Å²) >= 11 is 4.50. The molecule has 0 N–H and O–H groups in total. The minimum atomic E-state index is 0.0994. The number of benzene rings is 3. The molecule has 0 bridgehead atoms. The molecule has 160 valence electrons. The fourth-order valence-corrected chi connectivity index (χ4v) is 7.51. The van der Waals surface area contributed by atoms with Crippen LogP contribution in [0.2, 0.25) is 0 Å². The van der Waals surface area contributed by atoms with Crippen LogP contribution in [0.1, 0.15) is 69.9 Å². The molecule has 0 amide bonds. The monoisotopic (exact) mass is 539 g/mol. The second kappa shape index (κ2) is 8.40. The van der Waals surface area contributed by atoms with Crippen molar-refractivity contribution in [1.29, 1.82) is 0 Å². The predicted octanol–water partition coefficient (Wildman–Crippen LogP) is 9.89. The molecule has 1 heterocycles. The number of fused-ring (bicyclic) bond motifs is 3. The first kappa shape index (κ1) is 21.3. The van der Waals surface area contributed by atoms with Crippen molar-refractivity contribution in [1.82, 2.24) is 0 Å². The van der Waals surface area contributed by atoms with Crippen molar-refractivity contribution in [3.8, 4) is 0 Å². The summed E-state index contributed by atoms with van der Waals surface area (Å²) in [7, 11) is 0. The zero-order chi connectivity index (χ0) is 21.6. The van der Waals surface area contributed by atoms with E-state index >= 15 is 0 Å². The first-order valence-electron chi connectivity index (χ1n) is 11.4. The van der Waals surface area contributed by atoms with Gasteiger partial charge >= 0.3 is 0 Å². The molecule has 0 saturated heterocycles. The van der Waals surface area contributed by atoms with Gasteiger partial charge in [-0.15, -0.1) is 11.3 Å². The highest BCUT2D eigenvalue weighted by molar-refractivity contribution is 14.1. The minimum absolute atomic E-state index is 0.0994. The van der Waals surface area contributed by atoms with Gasteiger partial charge in [0.25, 0.3) is 0 Å². The Morgan fingerprint density at radius 2 is 1.42 bits per heavy atom. The van der Waals surface area contributed by atoms with Crippen molar-refractivity contribution >= 4 is 65.7 Å². The number of hydrogen-bond donors (Lipinski definition) is 0. The van der Waals surface area contributed by atoms with Gasteiger partial charge in [-0.25, -0.2) is 0 Å². The van der Waals surface area contributed by atoms with Crippen LogP contribution in [0.5, 0.6) is 0 Å². The van der Waals surface area contributed by atoms with Crippen molar-refractivity contribution in [2.45, 2.75) is 64.2 Å². The van der Waals surface area contributed by atoms with E-state index in [4.69, 9.17) is 0 Å². The summed E-state index contributed by atoms with van der Waals surface area (Å²) in [5.41, 5.74) is 5.64. The van der Waals surface area contributed by atoms with Crippen molar-refractivity contribution in [3.05, 3.63) is 71.8 Å². The maximum absolute atomic E-state index is 2.50. The van der Waals surface area contributed by atoms with Gasteiger partial charge in [0.1, 0.15) is 0 Å². The molecule has 0 unspecified atom stereocenters. The second-order valence-electron chi connectivity index (χ2n) is 9.86. The second-order valence-corrected chi connectivity index (χ2v) is 11.8. The Labute approximate surface area is 204 Å². The number of halogens is 1. The molecule has 0 spiro atoms. The van der Waals surface area contributed by atoms with E-state index in [1.807, 2.05) is 11.3 Å². The first-order valence-corrected chi connectivity index (χ1v) is 13.2. The van der Waals surface area contributed by atoms with Crippen molar-refractivity contribution < 1.29 is 0 Å². The number of rotatable bonds is 3. The Morgan fingerprint density at radius 3 is 2.16 bits per heavy atom. The summed E-state index contributed by atoms with van der Waals surface area (Å²) in [5.74, 6) is 0.728. The maximum Gasteiger partial charge on any atom is 0.0689 e. The van der Waals surface area contributed by atoms with E-state index in [1.165, 1.54) is 69.2 Å². The highest BCUT2D eigenvalue weighted by Crippen LogP contribution is 2.47. The molecule has 1 fully saturated rings. The van der Waals surface area contributed by atoms with Gasteiger partial charge in [-0.05, 0) is 47.4 Å². The summed E-state index contributed by atoms with van der Waals surface area (Å²) in [6, 6.07) is 22.7. The molecule has 31 heavy (non-hydrogen) atoms. The molecule has 3 heteroatoms. The minimum Gasteiger partial charge on any atom is -0.281 e. The predicted molar refractivity (Wildman–Crippen MR) is 146 cm³/mol. The molecule has 1 aliphatic carbocycles. The van der Waals surface area contributed by atoms with Crippen LogP contribution in [0.4, 0.5) is 11.4 Å². The molecule has 0 aliphatic heterocycles. The highest BCUT2D eigenvalue weighted by atomic mass is 127. The van der Waals surface area contributed by atoms with Crippen LogP contribution in [-0.4, -0.2) is 0 Å². The van der Waals surface area contributed by atoms with Gasteiger partial charge in [-0.3, -0.25) is 3.11 Å². The summed E-state index contributed by atoms with van der Waals surface area (Å²) in [4.78, 5) is 0. The lowest BCUT2D eigenvalue weighted by atomic mass is 9.84. The van der Waals surface area contributed by atoms with E-state index < -0.39 is 0 Å². The van der Waals surface area contributed by atoms with Gasteiger partial charge in [-0.1, -0.05) is 88.6 Å². The van der Waals surface area contributed by atoms with Crippen LogP contribution in [0.15, 0.2) is 60.7 Å². The lowest BCUT2D eigenvalue weighted by molar-refractivity contribution is 0.446. The number of para-hydroxylation sites is 1. The Hall–Kier alpha value is -1.59. The molecule has 4 aromatic rings. The smallest absolute Gasteiger partial charge is 0.0689 e. The Kier molecular flexibility index (Phi) is 5.76. The molecule has 1 aromatic heterocycles. The Morgan fingerprint density at radius 1 is 0.774 bits per heavy atom. The maximum atomic E-state index is 2.50. The van der Waals surface area contributed by atoms with E-state index in [9.17, 15) is 0 Å². The highest BCUT2D eigenvalue weighted by Gasteiger charge is 2.24. The molecule has 1 nitrogen and oxygen atoms in total. The molecule has 1 saturated carbocycles. The standard InChI is InChI=1S/C28H30INS/c1-28(2,3)23-16-7-8-17-24(23)30(29)25-18-10-15-22-21-14-9-13-20(26(21)31-27(22)25)19-11-5-4-6-12-19/h7-10,13-19H,4-6,11-12H2,1-3H3. The summed E-state index contributed by atoms with van der Waals surface area (Å²) in [6.45, 7) is 6.90. The van der Waals surface area contributed by atoms with Crippen LogP contribution in [0, 0.1) is 0 Å². The van der Waals surface area contributed by atoms with Crippen LogP contribution < -0.4 is 3.11 Å². The third-order valence-electron chi connectivity index (χ3n) is 6.71. The lowest BCUT2D eigenvalue weighted by Gasteiger charge is -2.27. The van der Waals surface area contributed by atoms with Gasteiger partial charge < -0.3 is 0 Å². The largest absolute Gasteiger partial charge is 0.281 e. The van der Waals surface area contributed by atoms with E-state index in [0.717, 1.165) is 5.92 Å². The molecule has 3 aromatic carbocycles. The zero-order valence-electron chi connectivity index (χ0n) is 18.6. The molecule has 0 radical (unpaired) electrons. The number of nitrogens with zero attached hydrogens (tertiary/aromatic N) is 1. The van der Waals surface area contributed by atoms with E-state index in [1.54, 1.807) is 5.56 Å². The topological polar surface area (TPSA) is 3.24 Å². The lowest BCUT2D eigenvalue weighted by Crippen LogP contribution is -2.15. The fraction of sp³-hybridized carbons (Fsp3) is 0.357. The molecular formula is C28H30INS. The van der Waals surface area contributed by atoms with E-state index in [0.29, 0.717) is 0 Å². The number of anilines is 2. The van der Waals surface area contributed by atoms with E-state index in [-0.39, 0.29) is 5.41 Å². The van der Waals surface area contributed by atoms with Crippen LogP contribution in [0.3, 0.4) is 0 Å². The molecular weight excluding hydrogens is 509 g/mol. The Bertz CT molecular complexity index is 1230. The third-order valence-corrected chi connectivity index (χ3v) is 9.05. The van der Waals surface area contributed by atoms with Crippen LogP contribution >= 0.6 is 34.2 Å². The average Bonchev–Trinajstić information content (AvgIpc) is 3.17.